The summed E-state index contributed by atoms with van der Waals surface area (Å²) in [4.78, 5) is 10.6. The Kier molecular flexibility index (Phi) is 11.1. The summed E-state index contributed by atoms with van der Waals surface area (Å²) in [6, 6.07) is 0. The zero-order chi connectivity index (χ0) is 20.2. The van der Waals surface area contributed by atoms with E-state index in [-0.39, 0.29) is 12.5 Å². The molecule has 0 radical (unpaired) electrons. The van der Waals surface area contributed by atoms with E-state index in [1.165, 1.54) is 25.7 Å². The van der Waals surface area contributed by atoms with Gasteiger partial charge in [0.1, 0.15) is 0 Å². The molecule has 0 aromatic carbocycles. The van der Waals surface area contributed by atoms with Crippen LogP contribution in [0.4, 0.5) is 0 Å². The summed E-state index contributed by atoms with van der Waals surface area (Å²) >= 11 is 0. The van der Waals surface area contributed by atoms with Crippen LogP contribution in [-0.4, -0.2) is 47.6 Å². The molecular weight excluding hydrogens is 354 g/mol. The molecule has 0 amide bonds. The molecule has 0 aliphatic carbocycles. The summed E-state index contributed by atoms with van der Waals surface area (Å²) in [5, 5.41) is 21.9. The number of carboxylic acid groups (broad SMARTS) is 1. The second kappa shape index (κ2) is 13.3. The number of unbranched alkanes of at least 4 members (excludes halogenated alkanes) is 3. The van der Waals surface area contributed by atoms with E-state index < -0.39 is 5.97 Å². The number of nitrogens with one attached hydrogen (secondary N) is 1. The van der Waals surface area contributed by atoms with Gasteiger partial charge in [0.25, 0.3) is 0 Å². The maximum absolute atomic E-state index is 10.6. The smallest absolute Gasteiger partial charge is 0.303 e. The van der Waals surface area contributed by atoms with E-state index in [0.717, 1.165) is 51.5 Å². The Morgan fingerprint density at radius 3 is 2.68 bits per heavy atom. The molecule has 2 fully saturated rings. The van der Waals surface area contributed by atoms with Crippen molar-refractivity contribution < 1.29 is 19.7 Å². The van der Waals surface area contributed by atoms with Gasteiger partial charge in [-0.1, -0.05) is 38.3 Å². The van der Waals surface area contributed by atoms with Crippen LogP contribution in [0.3, 0.4) is 0 Å². The van der Waals surface area contributed by atoms with E-state index in [1.807, 2.05) is 0 Å². The van der Waals surface area contributed by atoms with Crippen molar-refractivity contribution in [1.82, 2.24) is 5.32 Å². The summed E-state index contributed by atoms with van der Waals surface area (Å²) in [6.45, 7) is 3.85. The van der Waals surface area contributed by atoms with E-state index in [9.17, 15) is 9.90 Å². The van der Waals surface area contributed by atoms with E-state index in [4.69, 9.17) is 9.84 Å². The molecular formula is C23H41NO4. The molecule has 28 heavy (non-hydrogen) atoms. The number of allylic oxidation sites excluding steroid dienone is 2. The Bertz CT molecular complexity index is 468. The van der Waals surface area contributed by atoms with Gasteiger partial charge >= 0.3 is 5.97 Å². The molecule has 2 rings (SSSR count). The van der Waals surface area contributed by atoms with Crippen LogP contribution in [0.25, 0.3) is 0 Å². The molecule has 2 bridgehead atoms. The largest absolute Gasteiger partial charge is 0.481 e. The van der Waals surface area contributed by atoms with E-state index in [1.54, 1.807) is 0 Å². The zero-order valence-corrected chi connectivity index (χ0v) is 17.7. The number of fused-ring (bicyclic) bond motifs is 2. The number of aliphatic hydroxyl groups is 1. The number of aliphatic carboxylic acids is 1. The molecule has 5 atom stereocenters. The molecule has 2 heterocycles. The van der Waals surface area contributed by atoms with Gasteiger partial charge in [0.05, 0.1) is 18.3 Å². The summed E-state index contributed by atoms with van der Waals surface area (Å²) in [5.74, 6) is 0.607. The molecule has 0 aromatic heterocycles. The highest BCUT2D eigenvalue weighted by Crippen LogP contribution is 2.47. The molecule has 2 aliphatic heterocycles. The molecule has 5 heteroatoms. The lowest BCUT2D eigenvalue weighted by atomic mass is 9.75. The minimum absolute atomic E-state index is 0.203. The fourth-order valence-electron chi connectivity index (χ4n) is 4.78. The number of aliphatic hydroxyl groups excluding tert-OH is 1. The van der Waals surface area contributed by atoms with E-state index in [2.05, 4.69) is 24.4 Å². The molecule has 0 aromatic rings. The first-order valence-corrected chi connectivity index (χ1v) is 11.5. The average Bonchev–Trinajstić information content (AvgIpc) is 3.27. The minimum atomic E-state index is -0.708. The van der Waals surface area contributed by atoms with Crippen molar-refractivity contribution in [3.05, 3.63) is 12.2 Å². The standard InChI is InChI=1S/C23H41NO4/c1-2-3-10-18(25)17-24-16-9-8-12-20-19(21-14-15-22(20)28-21)11-6-4-5-7-13-23(26)27/h4,6,18-22,24-25H,2-3,5,7-17H2,1H3,(H,26,27)/b6-4-/t18?,19-,20+,21-,22+/m1/s1. The molecule has 162 valence electrons. The maximum atomic E-state index is 10.6. The third-order valence-electron chi connectivity index (χ3n) is 6.34. The lowest BCUT2D eigenvalue weighted by molar-refractivity contribution is -0.137. The van der Waals surface area contributed by atoms with Crippen molar-refractivity contribution in [2.45, 2.75) is 102 Å². The Labute approximate surface area is 170 Å². The summed E-state index contributed by atoms with van der Waals surface area (Å²) in [6.07, 6.45) is 17.2. The van der Waals surface area contributed by atoms with Crippen LogP contribution in [0.5, 0.6) is 0 Å². The second-order valence-corrected chi connectivity index (χ2v) is 8.61. The topological polar surface area (TPSA) is 78.8 Å². The number of ether oxygens (including phenoxy) is 1. The van der Waals surface area contributed by atoms with Gasteiger partial charge in [0.2, 0.25) is 0 Å². The number of hydrogen-bond acceptors (Lipinski definition) is 4. The number of rotatable bonds is 16. The summed E-state index contributed by atoms with van der Waals surface area (Å²) in [7, 11) is 0. The molecule has 0 saturated carbocycles. The van der Waals surface area contributed by atoms with Crippen LogP contribution in [0, 0.1) is 11.8 Å². The van der Waals surface area contributed by atoms with E-state index in [0.29, 0.717) is 30.6 Å². The van der Waals surface area contributed by atoms with Crippen molar-refractivity contribution in [1.29, 1.82) is 0 Å². The second-order valence-electron chi connectivity index (χ2n) is 8.61. The van der Waals surface area contributed by atoms with Crippen LogP contribution in [-0.2, 0) is 9.53 Å². The molecule has 2 aliphatic rings. The zero-order valence-electron chi connectivity index (χ0n) is 17.7. The van der Waals surface area contributed by atoms with Crippen LogP contribution in [0.2, 0.25) is 0 Å². The molecule has 1 unspecified atom stereocenters. The normalized spacial score (nSPS) is 27.6. The SMILES string of the molecule is CCCCC(O)CNCCCC[C@H]1[C@@H](C/C=C\CCCC(=O)O)[C@H]2CC[C@@H]1O2. The van der Waals surface area contributed by atoms with Gasteiger partial charge in [-0.05, 0) is 69.7 Å². The van der Waals surface area contributed by atoms with Gasteiger partial charge in [0, 0.05) is 13.0 Å². The molecule has 3 N–H and O–H groups in total. The predicted octanol–water partition coefficient (Wildman–Crippen LogP) is 4.29. The fraction of sp³-hybridized carbons (Fsp3) is 0.870. The van der Waals surface area contributed by atoms with Gasteiger partial charge in [-0.2, -0.15) is 0 Å². The Balaban J connectivity index is 1.59. The quantitative estimate of drug-likeness (QED) is 0.268. The minimum Gasteiger partial charge on any atom is -0.481 e. The Morgan fingerprint density at radius 1 is 1.14 bits per heavy atom. The summed E-state index contributed by atoms with van der Waals surface area (Å²) < 4.78 is 6.19. The third kappa shape index (κ3) is 8.22. The van der Waals surface area contributed by atoms with Crippen LogP contribution >= 0.6 is 0 Å². The molecule has 5 nitrogen and oxygen atoms in total. The first kappa shape index (κ1) is 23.4. The van der Waals surface area contributed by atoms with Gasteiger partial charge in [-0.25, -0.2) is 0 Å². The Hall–Kier alpha value is -0.910. The fourth-order valence-corrected chi connectivity index (χ4v) is 4.78. The maximum Gasteiger partial charge on any atom is 0.303 e. The van der Waals surface area contributed by atoms with Gasteiger partial charge < -0.3 is 20.3 Å². The molecule has 0 spiro atoms. The predicted molar refractivity (Wildman–Crippen MR) is 112 cm³/mol. The van der Waals surface area contributed by atoms with Crippen LogP contribution < -0.4 is 5.32 Å². The highest BCUT2D eigenvalue weighted by molar-refractivity contribution is 5.66. The average molecular weight is 396 g/mol. The molecule has 2 saturated heterocycles. The first-order chi connectivity index (χ1) is 13.6. The van der Waals surface area contributed by atoms with Crippen molar-refractivity contribution in [2.75, 3.05) is 13.1 Å². The first-order valence-electron chi connectivity index (χ1n) is 11.5. The third-order valence-corrected chi connectivity index (χ3v) is 6.34. The number of carboxylic acids is 1. The number of carbonyl (C=O) groups is 1. The van der Waals surface area contributed by atoms with Crippen LogP contribution in [0.1, 0.15) is 84.0 Å². The van der Waals surface area contributed by atoms with Crippen molar-refractivity contribution in [2.24, 2.45) is 11.8 Å². The van der Waals surface area contributed by atoms with Crippen LogP contribution in [0.15, 0.2) is 12.2 Å². The highest BCUT2D eigenvalue weighted by atomic mass is 16.5. The van der Waals surface area contributed by atoms with Crippen molar-refractivity contribution in [3.8, 4) is 0 Å². The lowest BCUT2D eigenvalue weighted by Gasteiger charge is -2.27. The van der Waals surface area contributed by atoms with E-state index >= 15 is 0 Å². The monoisotopic (exact) mass is 395 g/mol. The van der Waals surface area contributed by atoms with Gasteiger partial charge in [0.15, 0.2) is 0 Å². The van der Waals surface area contributed by atoms with Gasteiger partial charge in [-0.15, -0.1) is 0 Å². The number of hydrogen-bond donors (Lipinski definition) is 3. The highest BCUT2D eigenvalue weighted by Gasteiger charge is 2.47. The lowest BCUT2D eigenvalue weighted by Crippen LogP contribution is -2.28. The Morgan fingerprint density at radius 2 is 1.93 bits per heavy atom. The summed E-state index contributed by atoms with van der Waals surface area (Å²) in [5.41, 5.74) is 0. The van der Waals surface area contributed by atoms with Gasteiger partial charge in [-0.3, -0.25) is 4.79 Å². The van der Waals surface area contributed by atoms with Crippen molar-refractivity contribution in [3.63, 3.8) is 0 Å². The van der Waals surface area contributed by atoms with Crippen molar-refractivity contribution >= 4 is 5.97 Å².